The first-order valence-electron chi connectivity index (χ1n) is 8.98. The molecule has 1 amide bonds. The lowest BCUT2D eigenvalue weighted by atomic mass is 9.54. The van der Waals surface area contributed by atoms with E-state index >= 15 is 0 Å². The van der Waals surface area contributed by atoms with Gasteiger partial charge in [0.15, 0.2) is 0 Å². The monoisotopic (exact) mass is 357 g/mol. The number of hydrogen-bond acceptors (Lipinski definition) is 5. The van der Waals surface area contributed by atoms with E-state index in [2.05, 4.69) is 15.6 Å². The number of nitrogens with two attached hydrogens (primary N) is 1. The Morgan fingerprint density at radius 2 is 2.12 bits per heavy atom. The van der Waals surface area contributed by atoms with Crippen molar-refractivity contribution in [3.05, 3.63) is 42.2 Å². The number of nitrogens with one attached hydrogen (secondary N) is 1. The SMILES string of the molecule is CCOC1CC(N)(C(=O)NC(C)c2cn(-c3ccccc3)nn2)C1(C)C. The summed E-state index contributed by atoms with van der Waals surface area (Å²) in [6, 6.07) is 9.42. The molecule has 0 spiro atoms. The van der Waals surface area contributed by atoms with Crippen LogP contribution in [0.15, 0.2) is 36.5 Å². The van der Waals surface area contributed by atoms with Gasteiger partial charge in [-0.1, -0.05) is 37.3 Å². The fraction of sp³-hybridized carbons (Fsp3) is 0.526. The number of amides is 1. The second kappa shape index (κ2) is 6.81. The topological polar surface area (TPSA) is 95.1 Å². The van der Waals surface area contributed by atoms with E-state index < -0.39 is 11.0 Å². The third-order valence-electron chi connectivity index (χ3n) is 5.56. The number of ether oxygens (including phenoxy) is 1. The van der Waals surface area contributed by atoms with E-state index in [1.54, 1.807) is 4.68 Å². The molecule has 1 aromatic carbocycles. The van der Waals surface area contributed by atoms with Crippen molar-refractivity contribution in [2.75, 3.05) is 6.61 Å². The summed E-state index contributed by atoms with van der Waals surface area (Å²) in [7, 11) is 0. The molecule has 3 atom stereocenters. The van der Waals surface area contributed by atoms with Crippen molar-refractivity contribution >= 4 is 5.91 Å². The van der Waals surface area contributed by atoms with Crippen molar-refractivity contribution in [2.45, 2.75) is 51.8 Å². The van der Waals surface area contributed by atoms with E-state index in [0.29, 0.717) is 18.7 Å². The predicted molar refractivity (Wildman–Crippen MR) is 98.6 cm³/mol. The van der Waals surface area contributed by atoms with Crippen LogP contribution < -0.4 is 11.1 Å². The van der Waals surface area contributed by atoms with Gasteiger partial charge < -0.3 is 15.8 Å². The Hall–Kier alpha value is -2.25. The molecular formula is C19H27N5O2. The molecule has 0 radical (unpaired) electrons. The normalized spacial score (nSPS) is 25.3. The number of benzene rings is 1. The molecular weight excluding hydrogens is 330 g/mol. The van der Waals surface area contributed by atoms with Gasteiger partial charge in [0.25, 0.3) is 0 Å². The number of rotatable bonds is 6. The molecule has 1 heterocycles. The van der Waals surface area contributed by atoms with Crippen molar-refractivity contribution in [3.63, 3.8) is 0 Å². The van der Waals surface area contributed by atoms with Gasteiger partial charge in [-0.2, -0.15) is 0 Å². The average molecular weight is 357 g/mol. The maximum atomic E-state index is 12.8. The third kappa shape index (κ3) is 3.01. The zero-order valence-electron chi connectivity index (χ0n) is 15.8. The molecule has 0 bridgehead atoms. The van der Waals surface area contributed by atoms with Crippen molar-refractivity contribution in [2.24, 2.45) is 11.1 Å². The zero-order valence-corrected chi connectivity index (χ0v) is 15.8. The predicted octanol–water partition coefficient (Wildman–Crippen LogP) is 1.98. The van der Waals surface area contributed by atoms with E-state index in [0.717, 1.165) is 5.69 Å². The van der Waals surface area contributed by atoms with E-state index in [4.69, 9.17) is 10.5 Å². The molecule has 1 saturated carbocycles. The summed E-state index contributed by atoms with van der Waals surface area (Å²) in [5.41, 5.74) is 6.67. The molecule has 1 aliphatic carbocycles. The number of carbonyl (C=O) groups excluding carboxylic acids is 1. The Kier molecular flexibility index (Phi) is 4.86. The van der Waals surface area contributed by atoms with Crippen LogP contribution in [0.2, 0.25) is 0 Å². The zero-order chi connectivity index (χ0) is 18.9. The number of para-hydroxylation sites is 1. The highest BCUT2D eigenvalue weighted by atomic mass is 16.5. The van der Waals surface area contributed by atoms with Crippen LogP contribution in [0.1, 0.15) is 45.9 Å². The summed E-state index contributed by atoms with van der Waals surface area (Å²) in [5.74, 6) is -0.180. The third-order valence-corrected chi connectivity index (χ3v) is 5.56. The van der Waals surface area contributed by atoms with Gasteiger partial charge >= 0.3 is 0 Å². The molecule has 7 nitrogen and oxygen atoms in total. The minimum absolute atomic E-state index is 0.00230. The largest absolute Gasteiger partial charge is 0.378 e. The van der Waals surface area contributed by atoms with Gasteiger partial charge in [0, 0.05) is 18.4 Å². The summed E-state index contributed by atoms with van der Waals surface area (Å²) >= 11 is 0. The number of hydrogen-bond donors (Lipinski definition) is 2. The second-order valence-electron chi connectivity index (χ2n) is 7.46. The molecule has 26 heavy (non-hydrogen) atoms. The van der Waals surface area contributed by atoms with E-state index in [1.165, 1.54) is 0 Å². The van der Waals surface area contributed by atoms with Crippen LogP contribution in [-0.2, 0) is 9.53 Å². The Labute approximate surface area is 153 Å². The van der Waals surface area contributed by atoms with Gasteiger partial charge in [-0.25, -0.2) is 4.68 Å². The summed E-state index contributed by atoms with van der Waals surface area (Å²) in [6.45, 7) is 8.40. The van der Waals surface area contributed by atoms with Gasteiger partial charge in [0.05, 0.1) is 24.0 Å². The van der Waals surface area contributed by atoms with Crippen LogP contribution in [0, 0.1) is 5.41 Å². The van der Waals surface area contributed by atoms with E-state index in [1.807, 2.05) is 64.2 Å². The molecule has 140 valence electrons. The molecule has 3 rings (SSSR count). The smallest absolute Gasteiger partial charge is 0.241 e. The van der Waals surface area contributed by atoms with Crippen LogP contribution in [0.5, 0.6) is 0 Å². The van der Waals surface area contributed by atoms with E-state index in [9.17, 15) is 4.79 Å². The van der Waals surface area contributed by atoms with Crippen LogP contribution >= 0.6 is 0 Å². The quantitative estimate of drug-likeness (QED) is 0.824. The maximum absolute atomic E-state index is 12.8. The molecule has 1 aromatic heterocycles. The standard InChI is InChI=1S/C19H27N5O2/c1-5-26-16-11-19(20,18(16,3)4)17(25)21-13(2)15-12-24(23-22-15)14-9-7-6-8-10-14/h6-10,12-13,16H,5,11,20H2,1-4H3,(H,21,25). The Morgan fingerprint density at radius 3 is 2.73 bits per heavy atom. The molecule has 7 heteroatoms. The van der Waals surface area contributed by atoms with Gasteiger partial charge in [-0.15, -0.1) is 5.10 Å². The Bertz CT molecular complexity index is 773. The van der Waals surface area contributed by atoms with Crippen LogP contribution in [0.3, 0.4) is 0 Å². The Balaban J connectivity index is 1.68. The lowest BCUT2D eigenvalue weighted by Gasteiger charge is -2.57. The first kappa shape index (κ1) is 18.5. The van der Waals surface area contributed by atoms with Crippen LogP contribution in [0.25, 0.3) is 5.69 Å². The van der Waals surface area contributed by atoms with Gasteiger partial charge in [0.1, 0.15) is 11.2 Å². The lowest BCUT2D eigenvalue weighted by molar-refractivity contribution is -0.171. The molecule has 3 N–H and O–H groups in total. The molecule has 3 unspecified atom stereocenters. The highest BCUT2D eigenvalue weighted by molar-refractivity contribution is 5.89. The average Bonchev–Trinajstić information content (AvgIpc) is 3.12. The minimum Gasteiger partial charge on any atom is -0.378 e. The van der Waals surface area contributed by atoms with Crippen molar-refractivity contribution in [1.29, 1.82) is 0 Å². The number of nitrogens with zero attached hydrogens (tertiary/aromatic N) is 3. The van der Waals surface area contributed by atoms with Crippen molar-refractivity contribution in [1.82, 2.24) is 20.3 Å². The summed E-state index contributed by atoms with van der Waals surface area (Å²) in [6.07, 6.45) is 2.33. The first-order valence-corrected chi connectivity index (χ1v) is 8.98. The van der Waals surface area contributed by atoms with Gasteiger partial charge in [0.2, 0.25) is 5.91 Å². The summed E-state index contributed by atoms with van der Waals surface area (Å²) in [5, 5.41) is 11.3. The fourth-order valence-corrected chi connectivity index (χ4v) is 3.40. The lowest BCUT2D eigenvalue weighted by Crippen LogP contribution is -2.75. The highest BCUT2D eigenvalue weighted by Crippen LogP contribution is 2.50. The first-order chi connectivity index (χ1) is 12.3. The van der Waals surface area contributed by atoms with E-state index in [-0.39, 0.29) is 18.1 Å². The minimum atomic E-state index is -0.948. The molecule has 1 aliphatic rings. The van der Waals surface area contributed by atoms with Gasteiger partial charge in [-0.3, -0.25) is 4.79 Å². The molecule has 1 fully saturated rings. The van der Waals surface area contributed by atoms with Crippen LogP contribution in [0.4, 0.5) is 0 Å². The van der Waals surface area contributed by atoms with Crippen molar-refractivity contribution < 1.29 is 9.53 Å². The van der Waals surface area contributed by atoms with Gasteiger partial charge in [-0.05, 0) is 26.0 Å². The Morgan fingerprint density at radius 1 is 1.42 bits per heavy atom. The summed E-state index contributed by atoms with van der Waals surface area (Å²) < 4.78 is 7.38. The molecule has 0 aliphatic heterocycles. The maximum Gasteiger partial charge on any atom is 0.241 e. The van der Waals surface area contributed by atoms with Crippen LogP contribution in [-0.4, -0.2) is 39.2 Å². The molecule has 2 aromatic rings. The summed E-state index contributed by atoms with van der Waals surface area (Å²) in [4.78, 5) is 12.8. The van der Waals surface area contributed by atoms with Crippen molar-refractivity contribution in [3.8, 4) is 5.69 Å². The number of aromatic nitrogens is 3. The number of carbonyl (C=O) groups is 1. The second-order valence-corrected chi connectivity index (χ2v) is 7.46. The fourth-order valence-electron chi connectivity index (χ4n) is 3.40. The molecule has 0 saturated heterocycles. The highest BCUT2D eigenvalue weighted by Gasteiger charge is 2.62.